The molecule has 0 spiro atoms. The average molecular weight is 261 g/mol. The normalized spacial score (nSPS) is 17.9. The number of fused-ring (bicyclic) bond motifs is 1. The molecule has 0 saturated carbocycles. The Bertz CT molecular complexity index is 599. The van der Waals surface area contributed by atoms with Crippen molar-refractivity contribution in [3.8, 4) is 0 Å². The maximum Gasteiger partial charge on any atom is 0.125 e. The summed E-state index contributed by atoms with van der Waals surface area (Å²) in [4.78, 5) is 4.75. The summed E-state index contributed by atoms with van der Waals surface area (Å²) in [6.07, 6.45) is 0. The zero-order valence-corrected chi connectivity index (χ0v) is 11.7. The lowest BCUT2D eigenvalue weighted by molar-refractivity contribution is 0.289. The van der Waals surface area contributed by atoms with Crippen LogP contribution in [0.2, 0.25) is 0 Å². The predicted octanol–water partition coefficient (Wildman–Crippen LogP) is 3.08. The van der Waals surface area contributed by atoms with E-state index in [0.29, 0.717) is 11.8 Å². The van der Waals surface area contributed by atoms with Gasteiger partial charge in [-0.3, -0.25) is 0 Å². The Kier molecular flexibility index (Phi) is 3.05. The Morgan fingerprint density at radius 2 is 2.05 bits per heavy atom. The minimum Gasteiger partial charge on any atom is -0.325 e. The molecule has 3 rings (SSSR count). The van der Waals surface area contributed by atoms with E-state index in [-0.39, 0.29) is 11.9 Å². The van der Waals surface area contributed by atoms with Crippen LogP contribution in [0, 0.1) is 11.7 Å². The molecule has 0 amide bonds. The fourth-order valence-electron chi connectivity index (χ4n) is 2.82. The van der Waals surface area contributed by atoms with Crippen LogP contribution in [0.25, 0.3) is 11.0 Å². The van der Waals surface area contributed by atoms with Gasteiger partial charge in [-0.05, 0) is 51.1 Å². The van der Waals surface area contributed by atoms with Crippen LogP contribution in [0.4, 0.5) is 4.39 Å². The van der Waals surface area contributed by atoms with E-state index < -0.39 is 0 Å². The van der Waals surface area contributed by atoms with Gasteiger partial charge >= 0.3 is 0 Å². The Hall–Kier alpha value is -1.42. The number of nitrogens with one attached hydrogen (secondary N) is 1. The van der Waals surface area contributed by atoms with E-state index in [9.17, 15) is 4.39 Å². The molecule has 1 saturated heterocycles. The molecular weight excluding hydrogens is 241 g/mol. The zero-order chi connectivity index (χ0) is 13.6. The molecule has 0 radical (unpaired) electrons. The van der Waals surface area contributed by atoms with Crippen molar-refractivity contribution in [2.75, 3.05) is 13.1 Å². The third-order valence-electron chi connectivity index (χ3n) is 4.12. The van der Waals surface area contributed by atoms with Gasteiger partial charge in [-0.15, -0.1) is 0 Å². The van der Waals surface area contributed by atoms with E-state index in [2.05, 4.69) is 30.7 Å². The molecule has 0 aliphatic carbocycles. The summed E-state index contributed by atoms with van der Waals surface area (Å²) in [6, 6.07) is 5.15. The lowest BCUT2D eigenvalue weighted by Crippen LogP contribution is -2.45. The van der Waals surface area contributed by atoms with Crippen molar-refractivity contribution in [3.05, 3.63) is 29.8 Å². The third kappa shape index (κ3) is 2.04. The molecule has 1 aromatic carbocycles. The van der Waals surface area contributed by atoms with Gasteiger partial charge in [0.1, 0.15) is 11.6 Å². The number of aromatic nitrogens is 2. The molecule has 1 aliphatic rings. The summed E-state index contributed by atoms with van der Waals surface area (Å²) < 4.78 is 15.7. The van der Waals surface area contributed by atoms with Crippen molar-refractivity contribution in [2.45, 2.75) is 32.7 Å². The zero-order valence-electron chi connectivity index (χ0n) is 11.7. The standard InChI is InChI=1S/C15H20FN3/c1-9(2)19-14-6-12(16)4-5-13(14)18-15(19)10(3)11-7-17-8-11/h4-6,9-11,17H,7-8H2,1-3H3. The van der Waals surface area contributed by atoms with Gasteiger partial charge in [0.05, 0.1) is 11.0 Å². The van der Waals surface area contributed by atoms with Gasteiger partial charge in [-0.25, -0.2) is 9.37 Å². The second-order valence-corrected chi connectivity index (χ2v) is 5.77. The summed E-state index contributed by atoms with van der Waals surface area (Å²) in [5.74, 6) is 1.93. The van der Waals surface area contributed by atoms with Crippen molar-refractivity contribution in [2.24, 2.45) is 5.92 Å². The van der Waals surface area contributed by atoms with Crippen LogP contribution in [-0.2, 0) is 0 Å². The van der Waals surface area contributed by atoms with E-state index in [1.807, 2.05) is 0 Å². The minimum absolute atomic E-state index is 0.196. The number of halogens is 1. The number of rotatable bonds is 3. The topological polar surface area (TPSA) is 29.9 Å². The number of benzene rings is 1. The largest absolute Gasteiger partial charge is 0.325 e. The summed E-state index contributed by atoms with van der Waals surface area (Å²) >= 11 is 0. The molecular formula is C15H20FN3. The number of hydrogen-bond donors (Lipinski definition) is 1. The second-order valence-electron chi connectivity index (χ2n) is 5.77. The van der Waals surface area contributed by atoms with Gasteiger partial charge in [0.25, 0.3) is 0 Å². The molecule has 1 N–H and O–H groups in total. The van der Waals surface area contributed by atoms with Crippen LogP contribution in [-0.4, -0.2) is 22.6 Å². The van der Waals surface area contributed by atoms with E-state index in [4.69, 9.17) is 4.98 Å². The average Bonchev–Trinajstić information content (AvgIpc) is 2.64. The minimum atomic E-state index is -0.196. The van der Waals surface area contributed by atoms with Crippen LogP contribution in [0.5, 0.6) is 0 Å². The molecule has 3 nitrogen and oxygen atoms in total. The molecule has 0 bridgehead atoms. The van der Waals surface area contributed by atoms with E-state index in [0.717, 1.165) is 29.9 Å². The highest BCUT2D eigenvalue weighted by molar-refractivity contribution is 5.76. The molecule has 1 aromatic heterocycles. The first kappa shape index (κ1) is 12.6. The number of imidazole rings is 1. The Labute approximate surface area is 112 Å². The molecule has 2 heterocycles. The molecule has 1 atom stereocenters. The fourth-order valence-corrected chi connectivity index (χ4v) is 2.82. The first-order chi connectivity index (χ1) is 9.08. The molecule has 4 heteroatoms. The van der Waals surface area contributed by atoms with Crippen LogP contribution >= 0.6 is 0 Å². The lowest BCUT2D eigenvalue weighted by Gasteiger charge is -2.33. The lowest BCUT2D eigenvalue weighted by atomic mass is 9.88. The van der Waals surface area contributed by atoms with Gasteiger partial charge in [0.15, 0.2) is 0 Å². The van der Waals surface area contributed by atoms with Crippen molar-refractivity contribution >= 4 is 11.0 Å². The first-order valence-corrected chi connectivity index (χ1v) is 6.96. The molecule has 1 fully saturated rings. The van der Waals surface area contributed by atoms with Crippen LogP contribution < -0.4 is 5.32 Å². The molecule has 2 aromatic rings. The Morgan fingerprint density at radius 1 is 1.32 bits per heavy atom. The molecule has 102 valence electrons. The maximum absolute atomic E-state index is 13.5. The van der Waals surface area contributed by atoms with Gasteiger partial charge in [-0.2, -0.15) is 0 Å². The van der Waals surface area contributed by atoms with Crippen molar-refractivity contribution in [3.63, 3.8) is 0 Å². The highest BCUT2D eigenvalue weighted by Crippen LogP contribution is 2.31. The Balaban J connectivity index is 2.14. The van der Waals surface area contributed by atoms with Gasteiger partial charge in [-0.1, -0.05) is 6.92 Å². The predicted molar refractivity (Wildman–Crippen MR) is 74.9 cm³/mol. The second kappa shape index (κ2) is 4.60. The van der Waals surface area contributed by atoms with Gasteiger partial charge in [0.2, 0.25) is 0 Å². The fraction of sp³-hybridized carbons (Fsp3) is 0.533. The SMILES string of the molecule is CC(c1nc2ccc(F)cc2n1C(C)C)C1CNC1. The van der Waals surface area contributed by atoms with E-state index in [1.54, 1.807) is 12.1 Å². The maximum atomic E-state index is 13.5. The van der Waals surface area contributed by atoms with Gasteiger partial charge in [0, 0.05) is 12.0 Å². The quantitative estimate of drug-likeness (QED) is 0.920. The smallest absolute Gasteiger partial charge is 0.125 e. The Morgan fingerprint density at radius 3 is 2.63 bits per heavy atom. The molecule has 19 heavy (non-hydrogen) atoms. The highest BCUT2D eigenvalue weighted by atomic mass is 19.1. The van der Waals surface area contributed by atoms with E-state index in [1.165, 1.54) is 6.07 Å². The van der Waals surface area contributed by atoms with Crippen molar-refractivity contribution < 1.29 is 4.39 Å². The van der Waals surface area contributed by atoms with Crippen LogP contribution in [0.3, 0.4) is 0 Å². The number of nitrogens with zero attached hydrogens (tertiary/aromatic N) is 2. The third-order valence-corrected chi connectivity index (χ3v) is 4.12. The summed E-state index contributed by atoms with van der Waals surface area (Å²) in [5, 5.41) is 3.31. The van der Waals surface area contributed by atoms with Crippen LogP contribution in [0.1, 0.15) is 38.6 Å². The first-order valence-electron chi connectivity index (χ1n) is 6.96. The summed E-state index contributed by atoms with van der Waals surface area (Å²) in [7, 11) is 0. The number of hydrogen-bond acceptors (Lipinski definition) is 2. The summed E-state index contributed by atoms with van der Waals surface area (Å²) in [5.41, 5.74) is 1.80. The molecule has 1 unspecified atom stereocenters. The highest BCUT2D eigenvalue weighted by Gasteiger charge is 2.29. The van der Waals surface area contributed by atoms with Crippen LogP contribution in [0.15, 0.2) is 18.2 Å². The summed E-state index contributed by atoms with van der Waals surface area (Å²) in [6.45, 7) is 8.58. The monoisotopic (exact) mass is 261 g/mol. The van der Waals surface area contributed by atoms with Gasteiger partial charge < -0.3 is 9.88 Å². The van der Waals surface area contributed by atoms with Crippen molar-refractivity contribution in [1.29, 1.82) is 0 Å². The molecule has 1 aliphatic heterocycles. The van der Waals surface area contributed by atoms with E-state index >= 15 is 0 Å². The van der Waals surface area contributed by atoms with Crippen molar-refractivity contribution in [1.82, 2.24) is 14.9 Å².